The molecule has 0 fully saturated rings. The summed E-state index contributed by atoms with van der Waals surface area (Å²) < 4.78 is 7.32. The van der Waals surface area contributed by atoms with Crippen LogP contribution in [0.2, 0.25) is 0 Å². The molecule has 3 aromatic rings. The van der Waals surface area contributed by atoms with Crippen molar-refractivity contribution in [3.8, 4) is 16.9 Å². The summed E-state index contributed by atoms with van der Waals surface area (Å²) in [4.78, 5) is 0. The molecule has 0 amide bonds. The molecule has 1 aromatic heterocycles. The molecule has 0 bridgehead atoms. The average molecular weight is 298 g/mol. The molecular formula is C15H14N4OS. The van der Waals surface area contributed by atoms with Gasteiger partial charge >= 0.3 is 0 Å². The van der Waals surface area contributed by atoms with Gasteiger partial charge in [-0.3, -0.25) is 5.10 Å². The van der Waals surface area contributed by atoms with Gasteiger partial charge in [0.05, 0.1) is 0 Å². The number of rotatable bonds is 4. The van der Waals surface area contributed by atoms with Crippen molar-refractivity contribution in [2.24, 2.45) is 0 Å². The number of hydrogen-bond acceptors (Lipinski definition) is 4. The predicted octanol–water partition coefficient (Wildman–Crippen LogP) is 2.90. The van der Waals surface area contributed by atoms with E-state index < -0.39 is 0 Å². The molecule has 0 unspecified atom stereocenters. The fourth-order valence-electron chi connectivity index (χ4n) is 1.96. The van der Waals surface area contributed by atoms with Gasteiger partial charge in [0.1, 0.15) is 12.4 Å². The zero-order valence-electron chi connectivity index (χ0n) is 11.2. The number of H-pyrrole nitrogens is 1. The highest BCUT2D eigenvalue weighted by Crippen LogP contribution is 2.22. The highest BCUT2D eigenvalue weighted by atomic mass is 32.1. The first-order valence-electron chi connectivity index (χ1n) is 6.44. The Hall–Kier alpha value is -2.60. The molecule has 0 radical (unpaired) electrons. The van der Waals surface area contributed by atoms with Gasteiger partial charge in [0.25, 0.3) is 0 Å². The SMILES string of the molecule is Nn1c(COc2ccc(-c3ccccc3)cc2)n[nH]c1=S. The molecule has 0 saturated heterocycles. The maximum Gasteiger partial charge on any atom is 0.214 e. The largest absolute Gasteiger partial charge is 0.486 e. The minimum atomic E-state index is 0.258. The number of nitrogens with two attached hydrogens (primary N) is 1. The van der Waals surface area contributed by atoms with Crippen LogP contribution >= 0.6 is 12.2 Å². The highest BCUT2D eigenvalue weighted by Gasteiger charge is 2.04. The van der Waals surface area contributed by atoms with E-state index in [1.807, 2.05) is 42.5 Å². The molecule has 0 aliphatic carbocycles. The number of nitrogens with one attached hydrogen (secondary N) is 1. The highest BCUT2D eigenvalue weighted by molar-refractivity contribution is 7.71. The first-order chi connectivity index (χ1) is 10.2. The molecule has 5 nitrogen and oxygen atoms in total. The van der Waals surface area contributed by atoms with Gasteiger partial charge in [-0.1, -0.05) is 42.5 Å². The number of nitrogens with zero attached hydrogens (tertiary/aromatic N) is 2. The number of aromatic nitrogens is 3. The van der Waals surface area contributed by atoms with Crippen LogP contribution in [0.25, 0.3) is 11.1 Å². The van der Waals surface area contributed by atoms with Crippen LogP contribution in [0.5, 0.6) is 5.75 Å². The minimum absolute atomic E-state index is 0.258. The van der Waals surface area contributed by atoms with Crippen molar-refractivity contribution in [2.75, 3.05) is 5.84 Å². The summed E-state index contributed by atoms with van der Waals surface area (Å²) in [5.74, 6) is 7.01. The molecule has 0 aliphatic heterocycles. The van der Waals surface area contributed by atoms with Crippen molar-refractivity contribution < 1.29 is 4.74 Å². The van der Waals surface area contributed by atoms with E-state index in [0.717, 1.165) is 11.3 Å². The number of aromatic amines is 1. The number of benzene rings is 2. The van der Waals surface area contributed by atoms with Crippen LogP contribution in [0.15, 0.2) is 54.6 Å². The maximum absolute atomic E-state index is 5.71. The first kappa shape index (κ1) is 13.4. The van der Waals surface area contributed by atoms with E-state index in [-0.39, 0.29) is 6.61 Å². The van der Waals surface area contributed by atoms with E-state index in [4.69, 9.17) is 22.8 Å². The Morgan fingerprint density at radius 2 is 1.71 bits per heavy atom. The Kier molecular flexibility index (Phi) is 3.70. The number of nitrogen functional groups attached to an aromatic ring is 1. The molecule has 0 spiro atoms. The van der Waals surface area contributed by atoms with E-state index in [1.165, 1.54) is 10.2 Å². The van der Waals surface area contributed by atoms with Crippen molar-refractivity contribution in [3.05, 3.63) is 65.2 Å². The van der Waals surface area contributed by atoms with Gasteiger partial charge in [0.2, 0.25) is 4.77 Å². The van der Waals surface area contributed by atoms with Crippen molar-refractivity contribution in [3.63, 3.8) is 0 Å². The van der Waals surface area contributed by atoms with E-state index in [1.54, 1.807) is 0 Å². The fourth-order valence-corrected chi connectivity index (χ4v) is 2.11. The third kappa shape index (κ3) is 2.95. The summed E-state index contributed by atoms with van der Waals surface area (Å²) in [6, 6.07) is 18.1. The molecule has 0 atom stereocenters. The molecule has 3 rings (SSSR count). The van der Waals surface area contributed by atoms with Gasteiger partial charge in [-0.05, 0) is 35.5 Å². The monoisotopic (exact) mass is 298 g/mol. The average Bonchev–Trinajstić information content (AvgIpc) is 2.86. The second-order valence-electron chi connectivity index (χ2n) is 4.49. The van der Waals surface area contributed by atoms with Crippen molar-refractivity contribution in [1.29, 1.82) is 0 Å². The van der Waals surface area contributed by atoms with E-state index in [2.05, 4.69) is 22.3 Å². The quantitative estimate of drug-likeness (QED) is 0.574. The third-order valence-corrected chi connectivity index (χ3v) is 3.39. The Morgan fingerprint density at radius 3 is 2.33 bits per heavy atom. The molecule has 0 aliphatic rings. The van der Waals surface area contributed by atoms with Crippen LogP contribution in [0.1, 0.15) is 5.82 Å². The second kappa shape index (κ2) is 5.80. The summed E-state index contributed by atoms with van der Waals surface area (Å²) in [6.07, 6.45) is 0. The van der Waals surface area contributed by atoms with Gasteiger partial charge < -0.3 is 10.6 Å². The standard InChI is InChI=1S/C15H14N4OS/c16-19-14(17-18-15(19)21)10-20-13-8-6-12(7-9-13)11-4-2-1-3-5-11/h1-9H,10,16H2,(H,18,21). The zero-order chi connectivity index (χ0) is 14.7. The first-order valence-corrected chi connectivity index (χ1v) is 6.84. The normalized spacial score (nSPS) is 10.5. The number of hydrogen-bond donors (Lipinski definition) is 2. The van der Waals surface area contributed by atoms with E-state index in [9.17, 15) is 0 Å². The lowest BCUT2D eigenvalue weighted by molar-refractivity contribution is 0.292. The Morgan fingerprint density at radius 1 is 1.05 bits per heavy atom. The number of ether oxygens (including phenoxy) is 1. The Balaban J connectivity index is 1.70. The maximum atomic E-state index is 5.71. The van der Waals surface area contributed by atoms with Crippen molar-refractivity contribution >= 4 is 12.2 Å². The molecule has 106 valence electrons. The van der Waals surface area contributed by atoms with E-state index in [0.29, 0.717) is 10.6 Å². The molecule has 3 N–H and O–H groups in total. The van der Waals surface area contributed by atoms with Crippen LogP contribution < -0.4 is 10.6 Å². The predicted molar refractivity (Wildman–Crippen MR) is 83.8 cm³/mol. The minimum Gasteiger partial charge on any atom is -0.486 e. The summed E-state index contributed by atoms with van der Waals surface area (Å²) in [5.41, 5.74) is 2.32. The van der Waals surface area contributed by atoms with Crippen LogP contribution in [0.3, 0.4) is 0 Å². The lowest BCUT2D eigenvalue weighted by Crippen LogP contribution is -2.14. The summed E-state index contributed by atoms with van der Waals surface area (Å²) >= 11 is 4.94. The van der Waals surface area contributed by atoms with Gasteiger partial charge in [0.15, 0.2) is 5.82 Å². The molecule has 6 heteroatoms. The van der Waals surface area contributed by atoms with Crippen LogP contribution in [-0.2, 0) is 6.61 Å². The summed E-state index contributed by atoms with van der Waals surface area (Å²) in [7, 11) is 0. The Labute approximate surface area is 127 Å². The smallest absolute Gasteiger partial charge is 0.214 e. The van der Waals surface area contributed by atoms with Gasteiger partial charge in [-0.25, -0.2) is 4.68 Å². The molecule has 21 heavy (non-hydrogen) atoms. The topological polar surface area (TPSA) is 68.9 Å². The lowest BCUT2D eigenvalue weighted by Gasteiger charge is -2.07. The lowest BCUT2D eigenvalue weighted by atomic mass is 10.1. The fraction of sp³-hybridized carbons (Fsp3) is 0.0667. The second-order valence-corrected chi connectivity index (χ2v) is 4.88. The van der Waals surface area contributed by atoms with Crippen molar-refractivity contribution in [2.45, 2.75) is 6.61 Å². The van der Waals surface area contributed by atoms with Crippen LogP contribution in [0.4, 0.5) is 0 Å². The Bertz CT molecular complexity index is 777. The van der Waals surface area contributed by atoms with Crippen LogP contribution in [-0.4, -0.2) is 14.9 Å². The molecule has 2 aromatic carbocycles. The van der Waals surface area contributed by atoms with Gasteiger partial charge in [-0.2, -0.15) is 5.10 Å². The van der Waals surface area contributed by atoms with Crippen LogP contribution in [0, 0.1) is 4.77 Å². The summed E-state index contributed by atoms with van der Waals surface area (Å²) in [6.45, 7) is 0.258. The van der Waals surface area contributed by atoms with Gasteiger partial charge in [0, 0.05) is 0 Å². The summed E-state index contributed by atoms with van der Waals surface area (Å²) in [5, 5.41) is 6.61. The van der Waals surface area contributed by atoms with Crippen molar-refractivity contribution in [1.82, 2.24) is 14.9 Å². The molecule has 1 heterocycles. The van der Waals surface area contributed by atoms with Gasteiger partial charge in [-0.15, -0.1) is 0 Å². The molecular weight excluding hydrogens is 284 g/mol. The third-order valence-electron chi connectivity index (χ3n) is 3.11. The van der Waals surface area contributed by atoms with E-state index >= 15 is 0 Å². The zero-order valence-corrected chi connectivity index (χ0v) is 12.0. The molecule has 0 saturated carbocycles.